The second-order valence-electron chi connectivity index (χ2n) is 6.93. The van der Waals surface area contributed by atoms with Crippen LogP contribution in [0.15, 0.2) is 42.5 Å². The summed E-state index contributed by atoms with van der Waals surface area (Å²) in [5.41, 5.74) is 3.90. The summed E-state index contributed by atoms with van der Waals surface area (Å²) in [4.78, 5) is 21.6. The number of halogens is 2. The molecule has 8 heteroatoms. The van der Waals surface area contributed by atoms with Crippen LogP contribution in [0, 0.1) is 20.8 Å². The van der Waals surface area contributed by atoms with Crippen molar-refractivity contribution in [2.45, 2.75) is 27.4 Å². The number of carbonyl (C=O) groups excluding carboxylic acids is 1. The summed E-state index contributed by atoms with van der Waals surface area (Å²) >= 11 is 12.7. The van der Waals surface area contributed by atoms with Crippen molar-refractivity contribution in [3.05, 3.63) is 80.8 Å². The summed E-state index contributed by atoms with van der Waals surface area (Å²) in [6, 6.07) is 12.9. The van der Waals surface area contributed by atoms with E-state index in [1.165, 1.54) is 0 Å². The van der Waals surface area contributed by atoms with Crippen LogP contribution in [0.4, 0.5) is 0 Å². The minimum absolute atomic E-state index is 0.00959. The molecule has 0 N–H and O–H groups in total. The number of esters is 1. The number of hydrogen-bond acceptors (Lipinski definition) is 5. The molecule has 30 heavy (non-hydrogen) atoms. The Balaban J connectivity index is 1.61. The molecule has 4 aromatic rings. The summed E-state index contributed by atoms with van der Waals surface area (Å²) in [6.45, 7) is 5.61. The summed E-state index contributed by atoms with van der Waals surface area (Å²) in [5.74, 6) is -0.179. The van der Waals surface area contributed by atoms with E-state index in [9.17, 15) is 4.79 Å². The molecular formula is C22H18Cl2N4O2. The van der Waals surface area contributed by atoms with Crippen molar-refractivity contribution in [1.29, 1.82) is 0 Å². The zero-order valence-electron chi connectivity index (χ0n) is 16.6. The van der Waals surface area contributed by atoms with E-state index >= 15 is 0 Å². The van der Waals surface area contributed by atoms with Crippen molar-refractivity contribution in [2.75, 3.05) is 0 Å². The van der Waals surface area contributed by atoms with E-state index in [1.54, 1.807) is 16.8 Å². The number of aryl methyl sites for hydroxylation is 3. The molecule has 0 fully saturated rings. The molecule has 0 atom stereocenters. The quantitative estimate of drug-likeness (QED) is 0.397. The van der Waals surface area contributed by atoms with Gasteiger partial charge in [-0.05, 0) is 50.6 Å². The van der Waals surface area contributed by atoms with Crippen LogP contribution in [0.25, 0.3) is 16.7 Å². The van der Waals surface area contributed by atoms with E-state index in [2.05, 4.69) is 15.1 Å². The van der Waals surface area contributed by atoms with Crippen LogP contribution in [-0.2, 0) is 11.3 Å². The molecule has 0 saturated carbocycles. The van der Waals surface area contributed by atoms with Crippen molar-refractivity contribution in [3.63, 3.8) is 0 Å². The molecule has 3 aromatic heterocycles. The van der Waals surface area contributed by atoms with Gasteiger partial charge in [-0.25, -0.2) is 19.4 Å². The van der Waals surface area contributed by atoms with Crippen molar-refractivity contribution in [1.82, 2.24) is 19.7 Å². The number of para-hydroxylation sites is 1. The number of rotatable bonds is 4. The van der Waals surface area contributed by atoms with Gasteiger partial charge in [0.25, 0.3) is 0 Å². The van der Waals surface area contributed by atoms with Gasteiger partial charge >= 0.3 is 5.97 Å². The Hall–Kier alpha value is -2.96. The molecule has 6 nitrogen and oxygen atoms in total. The maximum absolute atomic E-state index is 12.7. The predicted molar refractivity (Wildman–Crippen MR) is 116 cm³/mol. The normalized spacial score (nSPS) is 11.1. The van der Waals surface area contributed by atoms with Crippen molar-refractivity contribution in [2.24, 2.45) is 0 Å². The predicted octanol–water partition coefficient (Wildman–Crippen LogP) is 5.40. The SMILES string of the molecule is Cc1cc(C)n(-c2ccc(Cl)c(C(=O)OCc3nc4ccccc4c(C)c3Cl)n2)n1. The van der Waals surface area contributed by atoms with Gasteiger partial charge in [-0.3, -0.25) is 0 Å². The van der Waals surface area contributed by atoms with Crippen LogP contribution >= 0.6 is 23.2 Å². The van der Waals surface area contributed by atoms with Gasteiger partial charge in [0.2, 0.25) is 0 Å². The summed E-state index contributed by atoms with van der Waals surface area (Å²) in [7, 11) is 0. The Kier molecular flexibility index (Phi) is 5.45. The first kappa shape index (κ1) is 20.3. The van der Waals surface area contributed by atoms with E-state index in [0.29, 0.717) is 16.5 Å². The smallest absolute Gasteiger partial charge is 0.358 e. The second-order valence-corrected chi connectivity index (χ2v) is 7.71. The van der Waals surface area contributed by atoms with Gasteiger partial charge in [-0.1, -0.05) is 41.4 Å². The molecule has 0 unspecified atom stereocenters. The third-order valence-corrected chi connectivity index (χ3v) is 5.54. The van der Waals surface area contributed by atoms with Gasteiger partial charge in [0.05, 0.1) is 26.9 Å². The standard InChI is InChI=1S/C22H18Cl2N4O2/c1-12-10-13(2)28(27-12)19-9-8-16(23)21(26-19)22(29)30-11-18-20(24)14(3)15-6-4-5-7-17(15)25-18/h4-10H,11H2,1-3H3. The molecular weight excluding hydrogens is 423 g/mol. The fraction of sp³-hybridized carbons (Fsp3) is 0.182. The van der Waals surface area contributed by atoms with Crippen LogP contribution in [0.1, 0.15) is 33.1 Å². The van der Waals surface area contributed by atoms with Crippen LogP contribution in [0.3, 0.4) is 0 Å². The number of hydrogen-bond donors (Lipinski definition) is 0. The van der Waals surface area contributed by atoms with Crippen molar-refractivity contribution < 1.29 is 9.53 Å². The van der Waals surface area contributed by atoms with Crippen LogP contribution in [0.2, 0.25) is 10.0 Å². The Labute approximate surface area is 183 Å². The summed E-state index contributed by atoms with van der Waals surface area (Å²) < 4.78 is 7.09. The molecule has 4 rings (SSSR count). The molecule has 0 aliphatic rings. The fourth-order valence-corrected chi connectivity index (χ4v) is 3.65. The van der Waals surface area contributed by atoms with E-state index in [0.717, 1.165) is 27.9 Å². The van der Waals surface area contributed by atoms with Gasteiger partial charge < -0.3 is 4.74 Å². The first-order valence-electron chi connectivity index (χ1n) is 9.26. The maximum atomic E-state index is 12.7. The van der Waals surface area contributed by atoms with Crippen LogP contribution < -0.4 is 0 Å². The lowest BCUT2D eigenvalue weighted by molar-refractivity contribution is 0.0461. The van der Waals surface area contributed by atoms with Gasteiger partial charge in [-0.15, -0.1) is 0 Å². The first-order chi connectivity index (χ1) is 14.3. The van der Waals surface area contributed by atoms with Gasteiger partial charge in [0.15, 0.2) is 11.5 Å². The molecule has 0 saturated heterocycles. The number of carbonyl (C=O) groups is 1. The first-order valence-corrected chi connectivity index (χ1v) is 10.0. The Morgan fingerprint density at radius 3 is 2.57 bits per heavy atom. The van der Waals surface area contributed by atoms with Crippen LogP contribution in [0.5, 0.6) is 0 Å². The third kappa shape index (κ3) is 3.76. The minimum Gasteiger partial charge on any atom is -0.454 e. The molecule has 0 aliphatic heterocycles. The van der Waals surface area contributed by atoms with Crippen molar-refractivity contribution in [3.8, 4) is 5.82 Å². The summed E-state index contributed by atoms with van der Waals surface area (Å²) in [6.07, 6.45) is 0. The number of fused-ring (bicyclic) bond motifs is 1. The average Bonchev–Trinajstić information content (AvgIpc) is 3.07. The highest BCUT2D eigenvalue weighted by Gasteiger charge is 2.18. The Morgan fingerprint density at radius 2 is 1.83 bits per heavy atom. The van der Waals surface area contributed by atoms with E-state index in [1.807, 2.05) is 51.1 Å². The molecule has 0 aliphatic carbocycles. The van der Waals surface area contributed by atoms with Gasteiger partial charge in [0, 0.05) is 11.1 Å². The molecule has 0 spiro atoms. The number of aromatic nitrogens is 4. The maximum Gasteiger partial charge on any atom is 0.358 e. The number of ether oxygens (including phenoxy) is 1. The molecule has 152 valence electrons. The average molecular weight is 441 g/mol. The largest absolute Gasteiger partial charge is 0.454 e. The zero-order valence-corrected chi connectivity index (χ0v) is 18.1. The number of benzene rings is 1. The van der Waals surface area contributed by atoms with Crippen molar-refractivity contribution >= 4 is 40.1 Å². The monoisotopic (exact) mass is 440 g/mol. The second kappa shape index (κ2) is 8.05. The highest BCUT2D eigenvalue weighted by Crippen LogP contribution is 2.27. The lowest BCUT2D eigenvalue weighted by Crippen LogP contribution is -2.12. The fourth-order valence-electron chi connectivity index (χ4n) is 3.27. The number of pyridine rings is 2. The van der Waals surface area contributed by atoms with E-state index in [-0.39, 0.29) is 17.3 Å². The molecule has 0 bridgehead atoms. The highest BCUT2D eigenvalue weighted by atomic mass is 35.5. The van der Waals surface area contributed by atoms with E-state index in [4.69, 9.17) is 27.9 Å². The zero-order chi connectivity index (χ0) is 21.4. The lowest BCUT2D eigenvalue weighted by Gasteiger charge is -2.11. The van der Waals surface area contributed by atoms with Gasteiger partial charge in [-0.2, -0.15) is 5.10 Å². The molecule has 0 radical (unpaired) electrons. The van der Waals surface area contributed by atoms with E-state index < -0.39 is 5.97 Å². The molecule has 0 amide bonds. The topological polar surface area (TPSA) is 69.9 Å². The highest BCUT2D eigenvalue weighted by molar-refractivity contribution is 6.33. The Bertz CT molecular complexity index is 1280. The lowest BCUT2D eigenvalue weighted by atomic mass is 10.1. The van der Waals surface area contributed by atoms with Gasteiger partial charge in [0.1, 0.15) is 6.61 Å². The minimum atomic E-state index is -0.660. The summed E-state index contributed by atoms with van der Waals surface area (Å²) in [5, 5.41) is 6.01. The Morgan fingerprint density at radius 1 is 1.07 bits per heavy atom. The molecule has 1 aromatic carbocycles. The van der Waals surface area contributed by atoms with Crippen LogP contribution in [-0.4, -0.2) is 25.7 Å². The third-order valence-electron chi connectivity index (χ3n) is 4.74. The number of nitrogens with zero attached hydrogens (tertiary/aromatic N) is 4. The molecule has 3 heterocycles.